The molecule has 1 unspecified atom stereocenters. The van der Waals surface area contributed by atoms with Gasteiger partial charge < -0.3 is 9.84 Å². The quantitative estimate of drug-likeness (QED) is 0.768. The monoisotopic (exact) mass is 194 g/mol. The summed E-state index contributed by atoms with van der Waals surface area (Å²) in [5.74, 6) is 0. The molecule has 0 saturated heterocycles. The van der Waals surface area contributed by atoms with Gasteiger partial charge in [0.1, 0.15) is 6.10 Å². The zero-order valence-corrected chi connectivity index (χ0v) is 8.18. The maximum Gasteiger partial charge on any atom is 0.122 e. The first kappa shape index (κ1) is 9.27. The van der Waals surface area contributed by atoms with E-state index < -0.39 is 6.10 Å². The van der Waals surface area contributed by atoms with E-state index in [9.17, 15) is 5.11 Å². The smallest absolute Gasteiger partial charge is 0.122 e. The number of aryl methyl sites for hydroxylation is 1. The molecule has 14 heavy (non-hydrogen) atoms. The zero-order valence-electron chi connectivity index (χ0n) is 8.18. The molecule has 1 aliphatic rings. The van der Waals surface area contributed by atoms with Crippen LogP contribution in [0.25, 0.3) is 0 Å². The highest BCUT2D eigenvalue weighted by Crippen LogP contribution is 2.25. The first-order valence-corrected chi connectivity index (χ1v) is 4.75. The van der Waals surface area contributed by atoms with Crippen molar-refractivity contribution in [3.63, 3.8) is 0 Å². The van der Waals surface area contributed by atoms with Gasteiger partial charge in [-0.1, -0.05) is 0 Å². The van der Waals surface area contributed by atoms with E-state index in [1.807, 2.05) is 19.3 Å². The summed E-state index contributed by atoms with van der Waals surface area (Å²) < 4.78 is 6.86. The summed E-state index contributed by atoms with van der Waals surface area (Å²) in [6.45, 7) is 0.748. The van der Waals surface area contributed by atoms with Crippen LogP contribution in [0.15, 0.2) is 24.1 Å². The maximum atomic E-state index is 9.93. The van der Waals surface area contributed by atoms with Crippen molar-refractivity contribution in [1.29, 1.82) is 0 Å². The molecular formula is C10H14N2O2. The molecule has 2 rings (SSSR count). The lowest BCUT2D eigenvalue weighted by Gasteiger charge is -2.17. The highest BCUT2D eigenvalue weighted by molar-refractivity contribution is 5.18. The molecule has 4 nitrogen and oxygen atoms in total. The standard InChI is InChI=1S/C10H14N2O2/c1-12-5-4-9(11-12)10(13)8-3-2-6-14-7-8/h4-5,7,10,13H,2-3,6H2,1H3. The van der Waals surface area contributed by atoms with Crippen LogP contribution in [0.2, 0.25) is 0 Å². The summed E-state index contributed by atoms with van der Waals surface area (Å²) in [6, 6.07) is 1.82. The lowest BCUT2D eigenvalue weighted by atomic mass is 10.0. The number of aromatic nitrogens is 2. The SMILES string of the molecule is Cn1ccc(C(O)C2=COCCC2)n1. The molecule has 1 atom stereocenters. The summed E-state index contributed by atoms with van der Waals surface area (Å²) in [7, 11) is 1.84. The first-order valence-electron chi connectivity index (χ1n) is 4.75. The van der Waals surface area contributed by atoms with E-state index >= 15 is 0 Å². The molecule has 1 aliphatic heterocycles. The molecule has 0 spiro atoms. The second-order valence-electron chi connectivity index (χ2n) is 3.48. The predicted octanol–water partition coefficient (Wildman–Crippen LogP) is 1.15. The minimum Gasteiger partial charge on any atom is -0.501 e. The van der Waals surface area contributed by atoms with Crippen LogP contribution in [0.3, 0.4) is 0 Å². The topological polar surface area (TPSA) is 47.3 Å². The number of nitrogens with zero attached hydrogens (tertiary/aromatic N) is 2. The number of aliphatic hydroxyl groups excluding tert-OH is 1. The third-order valence-corrected chi connectivity index (χ3v) is 2.33. The Morgan fingerprint density at radius 3 is 3.07 bits per heavy atom. The third kappa shape index (κ3) is 1.80. The zero-order chi connectivity index (χ0) is 9.97. The van der Waals surface area contributed by atoms with Gasteiger partial charge in [-0.3, -0.25) is 4.68 Å². The van der Waals surface area contributed by atoms with Gasteiger partial charge in [-0.25, -0.2) is 0 Å². The predicted molar refractivity (Wildman–Crippen MR) is 51.4 cm³/mol. The average Bonchev–Trinajstić information content (AvgIpc) is 2.65. The number of ether oxygens (including phenoxy) is 1. The van der Waals surface area contributed by atoms with E-state index in [4.69, 9.17) is 4.74 Å². The molecule has 0 aromatic carbocycles. The van der Waals surface area contributed by atoms with E-state index in [-0.39, 0.29) is 0 Å². The van der Waals surface area contributed by atoms with E-state index in [0.717, 1.165) is 25.0 Å². The largest absolute Gasteiger partial charge is 0.501 e. The minimum atomic E-state index is -0.614. The van der Waals surface area contributed by atoms with E-state index in [1.54, 1.807) is 10.9 Å². The Morgan fingerprint density at radius 2 is 2.50 bits per heavy atom. The van der Waals surface area contributed by atoms with Gasteiger partial charge in [0, 0.05) is 13.2 Å². The van der Waals surface area contributed by atoms with Crippen molar-refractivity contribution in [1.82, 2.24) is 9.78 Å². The molecule has 4 heteroatoms. The van der Waals surface area contributed by atoms with Crippen LogP contribution < -0.4 is 0 Å². The molecule has 1 aromatic rings. The molecular weight excluding hydrogens is 180 g/mol. The Morgan fingerprint density at radius 1 is 1.64 bits per heavy atom. The second-order valence-corrected chi connectivity index (χ2v) is 3.48. The Hall–Kier alpha value is -1.29. The van der Waals surface area contributed by atoms with Gasteiger partial charge in [-0.05, 0) is 24.5 Å². The first-order chi connectivity index (χ1) is 6.77. The van der Waals surface area contributed by atoms with Crippen LogP contribution >= 0.6 is 0 Å². The fourth-order valence-electron chi connectivity index (χ4n) is 1.55. The van der Waals surface area contributed by atoms with Crippen LogP contribution in [0.5, 0.6) is 0 Å². The van der Waals surface area contributed by atoms with Crippen molar-refractivity contribution >= 4 is 0 Å². The van der Waals surface area contributed by atoms with Crippen LogP contribution in [0.1, 0.15) is 24.6 Å². The van der Waals surface area contributed by atoms with Crippen molar-refractivity contribution in [3.05, 3.63) is 29.8 Å². The fourth-order valence-corrected chi connectivity index (χ4v) is 1.55. The Kier molecular flexibility index (Phi) is 2.54. The van der Waals surface area contributed by atoms with Gasteiger partial charge in [0.2, 0.25) is 0 Å². The molecule has 0 saturated carbocycles. The number of aliphatic hydroxyl groups is 1. The number of hydrogen-bond donors (Lipinski definition) is 1. The second kappa shape index (κ2) is 3.84. The van der Waals surface area contributed by atoms with Crippen molar-refractivity contribution in [2.75, 3.05) is 6.61 Å². The molecule has 1 aromatic heterocycles. The normalized spacial score (nSPS) is 18.6. The van der Waals surface area contributed by atoms with Crippen molar-refractivity contribution in [2.45, 2.75) is 18.9 Å². The Labute approximate surface area is 82.8 Å². The van der Waals surface area contributed by atoms with Gasteiger partial charge in [0.15, 0.2) is 0 Å². The highest BCUT2D eigenvalue weighted by Gasteiger charge is 2.18. The average molecular weight is 194 g/mol. The lowest BCUT2D eigenvalue weighted by Crippen LogP contribution is -2.08. The van der Waals surface area contributed by atoms with E-state index in [0.29, 0.717) is 5.69 Å². The molecule has 76 valence electrons. The van der Waals surface area contributed by atoms with Crippen LogP contribution in [-0.2, 0) is 11.8 Å². The Balaban J connectivity index is 2.14. The molecule has 0 amide bonds. The van der Waals surface area contributed by atoms with Crippen molar-refractivity contribution in [3.8, 4) is 0 Å². The third-order valence-electron chi connectivity index (χ3n) is 2.33. The summed E-state index contributed by atoms with van der Waals surface area (Å²) in [5, 5.41) is 14.1. The van der Waals surface area contributed by atoms with E-state index in [1.165, 1.54) is 0 Å². The summed E-state index contributed by atoms with van der Waals surface area (Å²) in [5.41, 5.74) is 1.60. The molecule has 0 fully saturated rings. The molecule has 1 N–H and O–H groups in total. The van der Waals surface area contributed by atoms with Crippen LogP contribution in [0, 0.1) is 0 Å². The van der Waals surface area contributed by atoms with Crippen LogP contribution in [0.4, 0.5) is 0 Å². The maximum absolute atomic E-state index is 9.93. The van der Waals surface area contributed by atoms with Gasteiger partial charge >= 0.3 is 0 Å². The highest BCUT2D eigenvalue weighted by atomic mass is 16.5. The van der Waals surface area contributed by atoms with Crippen LogP contribution in [-0.4, -0.2) is 21.5 Å². The molecule has 2 heterocycles. The van der Waals surface area contributed by atoms with Gasteiger partial charge in [0.05, 0.1) is 18.6 Å². The minimum absolute atomic E-state index is 0.614. The van der Waals surface area contributed by atoms with Crippen molar-refractivity contribution in [2.24, 2.45) is 7.05 Å². The van der Waals surface area contributed by atoms with Crippen molar-refractivity contribution < 1.29 is 9.84 Å². The molecule has 0 aliphatic carbocycles. The number of rotatable bonds is 2. The Bertz CT molecular complexity index is 344. The van der Waals surface area contributed by atoms with Gasteiger partial charge in [-0.2, -0.15) is 5.10 Å². The number of hydrogen-bond acceptors (Lipinski definition) is 3. The summed E-state index contributed by atoms with van der Waals surface area (Å²) in [6.07, 6.45) is 4.72. The van der Waals surface area contributed by atoms with Gasteiger partial charge in [-0.15, -0.1) is 0 Å². The lowest BCUT2D eigenvalue weighted by molar-refractivity contribution is 0.167. The van der Waals surface area contributed by atoms with Gasteiger partial charge in [0.25, 0.3) is 0 Å². The fraction of sp³-hybridized carbons (Fsp3) is 0.500. The summed E-state index contributed by atoms with van der Waals surface area (Å²) >= 11 is 0. The summed E-state index contributed by atoms with van der Waals surface area (Å²) in [4.78, 5) is 0. The van der Waals surface area contributed by atoms with E-state index in [2.05, 4.69) is 5.10 Å². The molecule has 0 bridgehead atoms. The molecule has 0 radical (unpaired) electrons.